The Kier molecular flexibility index (Phi) is 4.62. The van der Waals surface area contributed by atoms with Crippen LogP contribution in [-0.2, 0) is 16.6 Å². The van der Waals surface area contributed by atoms with Crippen molar-refractivity contribution in [1.82, 2.24) is 14.9 Å². The lowest BCUT2D eigenvalue weighted by Crippen LogP contribution is -2.36. The number of furan rings is 1. The summed E-state index contributed by atoms with van der Waals surface area (Å²) in [7, 11) is -1.56. The molecule has 0 bridgehead atoms. The molecule has 0 amide bonds. The van der Waals surface area contributed by atoms with Crippen molar-refractivity contribution in [2.24, 2.45) is 0 Å². The van der Waals surface area contributed by atoms with E-state index in [1.165, 1.54) is 6.07 Å². The standard InChI is InChI=1S/C12H21N3O3S/c1-3-13-8-11-4-5-12(18-11)19(16,17)14-10-6-7-15(2)9-10/h4-5,10,13-14H,3,6-9H2,1-2H3. The fourth-order valence-electron chi connectivity index (χ4n) is 2.15. The Hall–Kier alpha value is -0.890. The van der Waals surface area contributed by atoms with Crippen LogP contribution in [0, 0.1) is 0 Å². The summed E-state index contributed by atoms with van der Waals surface area (Å²) in [6, 6.07) is 3.17. The minimum absolute atomic E-state index is 0.00467. The average Bonchev–Trinajstić information content (AvgIpc) is 2.95. The van der Waals surface area contributed by atoms with Gasteiger partial charge in [0, 0.05) is 12.6 Å². The Labute approximate surface area is 114 Å². The van der Waals surface area contributed by atoms with Gasteiger partial charge in [-0.2, -0.15) is 0 Å². The number of rotatable bonds is 6. The van der Waals surface area contributed by atoms with Crippen LogP contribution in [0.2, 0.25) is 0 Å². The van der Waals surface area contributed by atoms with Crippen molar-refractivity contribution in [3.63, 3.8) is 0 Å². The lowest BCUT2D eigenvalue weighted by atomic mass is 10.3. The summed E-state index contributed by atoms with van der Waals surface area (Å²) in [6.07, 6.45) is 0.834. The van der Waals surface area contributed by atoms with E-state index in [1.54, 1.807) is 6.07 Å². The topological polar surface area (TPSA) is 74.6 Å². The SMILES string of the molecule is CCNCc1ccc(S(=O)(=O)NC2CCN(C)C2)o1. The second-order valence-corrected chi connectivity index (χ2v) is 6.52. The fraction of sp³-hybridized carbons (Fsp3) is 0.667. The predicted molar refractivity (Wildman–Crippen MR) is 72.3 cm³/mol. The van der Waals surface area contributed by atoms with Crippen molar-refractivity contribution in [1.29, 1.82) is 0 Å². The molecule has 0 aromatic carbocycles. The Morgan fingerprint density at radius 1 is 1.47 bits per heavy atom. The molecule has 1 aromatic rings. The van der Waals surface area contributed by atoms with E-state index in [0.29, 0.717) is 12.3 Å². The minimum Gasteiger partial charge on any atom is -0.447 e. The molecular weight excluding hydrogens is 266 g/mol. The summed E-state index contributed by atoms with van der Waals surface area (Å²) in [6.45, 7) is 4.99. The molecule has 2 N–H and O–H groups in total. The zero-order chi connectivity index (χ0) is 13.9. The summed E-state index contributed by atoms with van der Waals surface area (Å²) >= 11 is 0. The highest BCUT2D eigenvalue weighted by Crippen LogP contribution is 2.16. The quantitative estimate of drug-likeness (QED) is 0.791. The van der Waals surface area contributed by atoms with Crippen molar-refractivity contribution in [3.05, 3.63) is 17.9 Å². The van der Waals surface area contributed by atoms with Crippen molar-refractivity contribution in [2.45, 2.75) is 31.0 Å². The maximum absolute atomic E-state index is 12.1. The molecule has 1 aliphatic rings. The van der Waals surface area contributed by atoms with Gasteiger partial charge in [-0.1, -0.05) is 6.92 Å². The van der Waals surface area contributed by atoms with Gasteiger partial charge in [-0.15, -0.1) is 0 Å². The normalized spacial score (nSPS) is 21.1. The first-order chi connectivity index (χ1) is 9.01. The largest absolute Gasteiger partial charge is 0.447 e. The Morgan fingerprint density at radius 3 is 2.89 bits per heavy atom. The van der Waals surface area contributed by atoms with Gasteiger partial charge in [-0.25, -0.2) is 13.1 Å². The molecule has 1 aromatic heterocycles. The second-order valence-electron chi connectivity index (χ2n) is 4.87. The van der Waals surface area contributed by atoms with Crippen LogP contribution >= 0.6 is 0 Å². The van der Waals surface area contributed by atoms with Gasteiger partial charge in [0.1, 0.15) is 5.76 Å². The average molecular weight is 287 g/mol. The zero-order valence-corrected chi connectivity index (χ0v) is 12.2. The summed E-state index contributed by atoms with van der Waals surface area (Å²) in [5.74, 6) is 0.630. The van der Waals surface area contributed by atoms with E-state index in [0.717, 1.165) is 26.1 Å². The van der Waals surface area contributed by atoms with Gasteiger partial charge in [-0.3, -0.25) is 0 Å². The molecule has 2 rings (SSSR count). The van der Waals surface area contributed by atoms with Gasteiger partial charge in [0.2, 0.25) is 5.09 Å². The molecule has 1 aliphatic heterocycles. The van der Waals surface area contributed by atoms with Gasteiger partial charge >= 0.3 is 0 Å². The monoisotopic (exact) mass is 287 g/mol. The van der Waals surface area contributed by atoms with Crippen LogP contribution in [0.3, 0.4) is 0 Å². The maximum Gasteiger partial charge on any atom is 0.274 e. The van der Waals surface area contributed by atoms with Gasteiger partial charge < -0.3 is 14.6 Å². The first-order valence-electron chi connectivity index (χ1n) is 6.51. The third-order valence-electron chi connectivity index (χ3n) is 3.16. The van der Waals surface area contributed by atoms with E-state index in [4.69, 9.17) is 4.42 Å². The molecule has 19 heavy (non-hydrogen) atoms. The Balaban J connectivity index is 2.00. The van der Waals surface area contributed by atoms with E-state index in [2.05, 4.69) is 14.9 Å². The van der Waals surface area contributed by atoms with Crippen molar-refractivity contribution in [2.75, 3.05) is 26.7 Å². The third kappa shape index (κ3) is 3.79. The molecule has 6 nitrogen and oxygen atoms in total. The zero-order valence-electron chi connectivity index (χ0n) is 11.3. The van der Waals surface area contributed by atoms with Crippen LogP contribution in [-0.4, -0.2) is 46.0 Å². The van der Waals surface area contributed by atoms with E-state index < -0.39 is 10.0 Å². The number of nitrogens with zero attached hydrogens (tertiary/aromatic N) is 1. The molecule has 1 saturated heterocycles. The van der Waals surface area contributed by atoms with Crippen molar-refractivity contribution >= 4 is 10.0 Å². The number of nitrogens with one attached hydrogen (secondary N) is 2. The summed E-state index contributed by atoms with van der Waals surface area (Å²) < 4.78 is 32.3. The van der Waals surface area contributed by atoms with Gasteiger partial charge in [0.25, 0.3) is 10.0 Å². The molecule has 0 spiro atoms. The molecule has 0 aliphatic carbocycles. The summed E-state index contributed by atoms with van der Waals surface area (Å²) in [5, 5.41) is 3.09. The highest BCUT2D eigenvalue weighted by atomic mass is 32.2. The van der Waals surface area contributed by atoms with Crippen LogP contribution < -0.4 is 10.0 Å². The number of hydrogen-bond donors (Lipinski definition) is 2. The third-order valence-corrected chi connectivity index (χ3v) is 4.56. The molecule has 1 unspecified atom stereocenters. The number of hydrogen-bond acceptors (Lipinski definition) is 5. The van der Waals surface area contributed by atoms with E-state index in [1.807, 2.05) is 14.0 Å². The molecule has 1 atom stereocenters. The lowest BCUT2D eigenvalue weighted by molar-refractivity contribution is 0.393. The summed E-state index contributed by atoms with van der Waals surface area (Å²) in [4.78, 5) is 2.10. The molecule has 1 fully saturated rings. The molecule has 108 valence electrons. The van der Waals surface area contributed by atoms with Gasteiger partial charge in [0.15, 0.2) is 0 Å². The molecule has 7 heteroatoms. The molecule has 0 radical (unpaired) electrons. The second kappa shape index (κ2) is 6.04. The maximum atomic E-state index is 12.1. The van der Waals surface area contributed by atoms with Crippen molar-refractivity contribution in [3.8, 4) is 0 Å². The van der Waals surface area contributed by atoms with Gasteiger partial charge in [-0.05, 0) is 38.7 Å². The van der Waals surface area contributed by atoms with Gasteiger partial charge in [0.05, 0.1) is 6.54 Å². The number of likely N-dealkylation sites (N-methyl/N-ethyl adjacent to an activating group) is 1. The van der Waals surface area contributed by atoms with Crippen LogP contribution in [0.15, 0.2) is 21.6 Å². The number of likely N-dealkylation sites (tertiary alicyclic amines) is 1. The van der Waals surface area contributed by atoms with Crippen molar-refractivity contribution < 1.29 is 12.8 Å². The van der Waals surface area contributed by atoms with E-state index in [-0.39, 0.29) is 11.1 Å². The molecule has 0 saturated carbocycles. The molecule has 2 heterocycles. The lowest BCUT2D eigenvalue weighted by Gasteiger charge is -2.11. The van der Waals surface area contributed by atoms with Crippen LogP contribution in [0.1, 0.15) is 19.1 Å². The molecular formula is C12H21N3O3S. The number of sulfonamides is 1. The highest BCUT2D eigenvalue weighted by molar-refractivity contribution is 7.89. The Bertz CT molecular complexity index is 512. The van der Waals surface area contributed by atoms with Crippen LogP contribution in [0.5, 0.6) is 0 Å². The van der Waals surface area contributed by atoms with Crippen LogP contribution in [0.25, 0.3) is 0 Å². The fourth-order valence-corrected chi connectivity index (χ4v) is 3.37. The van der Waals surface area contributed by atoms with Crippen LogP contribution in [0.4, 0.5) is 0 Å². The smallest absolute Gasteiger partial charge is 0.274 e. The first-order valence-corrected chi connectivity index (χ1v) is 8.00. The Morgan fingerprint density at radius 2 is 2.26 bits per heavy atom. The van der Waals surface area contributed by atoms with E-state index in [9.17, 15) is 8.42 Å². The first kappa shape index (κ1) is 14.5. The summed E-state index contributed by atoms with van der Waals surface area (Å²) in [5.41, 5.74) is 0. The highest BCUT2D eigenvalue weighted by Gasteiger charge is 2.27. The van der Waals surface area contributed by atoms with E-state index >= 15 is 0 Å². The minimum atomic E-state index is -3.54. The predicted octanol–water partition coefficient (Wildman–Crippen LogP) is 0.372.